The molecule has 0 aliphatic heterocycles. The number of amides is 1. The van der Waals surface area contributed by atoms with E-state index in [2.05, 4.69) is 0 Å². The van der Waals surface area contributed by atoms with Crippen LogP contribution >= 0.6 is 0 Å². The smallest absolute Gasteiger partial charge is 0.253 e. The van der Waals surface area contributed by atoms with E-state index in [4.69, 9.17) is 9.47 Å². The zero-order chi connectivity index (χ0) is 19.9. The van der Waals surface area contributed by atoms with Crippen LogP contribution in [-0.2, 0) is 13.2 Å². The normalized spacial score (nSPS) is 10.4. The monoisotopic (exact) mass is 375 g/mol. The van der Waals surface area contributed by atoms with Gasteiger partial charge in [-0.3, -0.25) is 4.79 Å². The van der Waals surface area contributed by atoms with Crippen molar-refractivity contribution in [1.82, 2.24) is 4.90 Å². The summed E-state index contributed by atoms with van der Waals surface area (Å²) in [6.45, 7) is 2.92. The van der Waals surface area contributed by atoms with Crippen LogP contribution in [0.2, 0.25) is 0 Å². The Hall–Kier alpha value is -3.27. The van der Waals surface area contributed by atoms with Crippen LogP contribution in [0.15, 0.2) is 72.8 Å². The highest BCUT2D eigenvalue weighted by molar-refractivity contribution is 5.94. The van der Waals surface area contributed by atoms with Gasteiger partial charge in [-0.1, -0.05) is 48.0 Å². The molecule has 3 rings (SSSR count). The van der Waals surface area contributed by atoms with Crippen molar-refractivity contribution in [2.24, 2.45) is 0 Å². The maximum absolute atomic E-state index is 12.9. The topological polar surface area (TPSA) is 38.8 Å². The van der Waals surface area contributed by atoms with Crippen molar-refractivity contribution in [2.45, 2.75) is 20.1 Å². The van der Waals surface area contributed by atoms with E-state index in [0.29, 0.717) is 24.5 Å². The standard InChI is InChI=1S/C24H25NO3/c1-18-9-12-22(13-10-18)28-17-21-15-20(11-14-23(21)27-3)24(26)25(2)16-19-7-5-4-6-8-19/h4-15H,16-17H2,1-3H3. The van der Waals surface area contributed by atoms with Gasteiger partial charge < -0.3 is 14.4 Å². The van der Waals surface area contributed by atoms with E-state index in [1.54, 1.807) is 18.1 Å². The van der Waals surface area contributed by atoms with Crippen LogP contribution in [0.5, 0.6) is 11.5 Å². The zero-order valence-corrected chi connectivity index (χ0v) is 16.5. The first-order chi connectivity index (χ1) is 13.6. The van der Waals surface area contributed by atoms with Gasteiger partial charge in [-0.05, 0) is 42.8 Å². The molecule has 4 heteroatoms. The summed E-state index contributed by atoms with van der Waals surface area (Å²) < 4.78 is 11.3. The maximum Gasteiger partial charge on any atom is 0.253 e. The number of aryl methyl sites for hydroxylation is 1. The molecule has 0 N–H and O–H groups in total. The van der Waals surface area contributed by atoms with Gasteiger partial charge in [0.05, 0.1) is 7.11 Å². The number of methoxy groups -OCH3 is 1. The van der Waals surface area contributed by atoms with Crippen LogP contribution < -0.4 is 9.47 Å². The van der Waals surface area contributed by atoms with Crippen molar-refractivity contribution in [3.63, 3.8) is 0 Å². The van der Waals surface area contributed by atoms with Crippen molar-refractivity contribution in [2.75, 3.05) is 14.2 Å². The summed E-state index contributed by atoms with van der Waals surface area (Å²) in [5.74, 6) is 1.45. The molecule has 0 aromatic heterocycles. The summed E-state index contributed by atoms with van der Waals surface area (Å²) in [5.41, 5.74) is 3.72. The minimum atomic E-state index is -0.0388. The van der Waals surface area contributed by atoms with Crippen LogP contribution in [0, 0.1) is 6.92 Å². The van der Waals surface area contributed by atoms with E-state index in [-0.39, 0.29) is 5.91 Å². The summed E-state index contributed by atoms with van der Waals surface area (Å²) in [4.78, 5) is 14.6. The van der Waals surface area contributed by atoms with Crippen LogP contribution in [0.4, 0.5) is 0 Å². The first-order valence-corrected chi connectivity index (χ1v) is 9.22. The van der Waals surface area contributed by atoms with Gasteiger partial charge in [0.25, 0.3) is 5.91 Å². The SMILES string of the molecule is COc1ccc(C(=O)N(C)Cc2ccccc2)cc1COc1ccc(C)cc1. The molecule has 144 valence electrons. The quantitative estimate of drug-likeness (QED) is 0.592. The number of hydrogen-bond acceptors (Lipinski definition) is 3. The van der Waals surface area contributed by atoms with Crippen LogP contribution in [0.25, 0.3) is 0 Å². The van der Waals surface area contributed by atoms with Crippen molar-refractivity contribution in [3.05, 3.63) is 95.1 Å². The van der Waals surface area contributed by atoms with Crippen LogP contribution in [0.1, 0.15) is 27.0 Å². The molecule has 4 nitrogen and oxygen atoms in total. The molecule has 0 saturated carbocycles. The van der Waals surface area contributed by atoms with Gasteiger partial charge in [-0.15, -0.1) is 0 Å². The van der Waals surface area contributed by atoms with Crippen molar-refractivity contribution < 1.29 is 14.3 Å². The van der Waals surface area contributed by atoms with Gasteiger partial charge in [0.2, 0.25) is 0 Å². The molecule has 0 bridgehead atoms. The van der Waals surface area contributed by atoms with Crippen LogP contribution in [0.3, 0.4) is 0 Å². The van der Waals surface area contributed by atoms with Crippen molar-refractivity contribution >= 4 is 5.91 Å². The Morgan fingerprint density at radius 1 is 0.964 bits per heavy atom. The van der Waals surface area contributed by atoms with Gasteiger partial charge in [0, 0.05) is 24.7 Å². The maximum atomic E-state index is 12.9. The van der Waals surface area contributed by atoms with E-state index in [1.807, 2.05) is 80.7 Å². The number of nitrogens with zero attached hydrogens (tertiary/aromatic N) is 1. The van der Waals surface area contributed by atoms with E-state index >= 15 is 0 Å². The van der Waals surface area contributed by atoms with Crippen LogP contribution in [-0.4, -0.2) is 25.0 Å². The lowest BCUT2D eigenvalue weighted by molar-refractivity contribution is 0.0785. The van der Waals surface area contributed by atoms with E-state index < -0.39 is 0 Å². The molecule has 28 heavy (non-hydrogen) atoms. The van der Waals surface area contributed by atoms with Crippen molar-refractivity contribution in [1.29, 1.82) is 0 Å². The van der Waals surface area contributed by atoms with Gasteiger partial charge in [0.15, 0.2) is 0 Å². The summed E-state index contributed by atoms with van der Waals surface area (Å²) in [5, 5.41) is 0. The molecule has 0 spiro atoms. The summed E-state index contributed by atoms with van der Waals surface area (Å²) in [6, 6.07) is 23.3. The molecule has 0 radical (unpaired) electrons. The third kappa shape index (κ3) is 4.92. The molecule has 0 aliphatic rings. The van der Waals surface area contributed by atoms with Gasteiger partial charge in [0.1, 0.15) is 18.1 Å². The summed E-state index contributed by atoms with van der Waals surface area (Å²) in [6.07, 6.45) is 0. The predicted octanol–water partition coefficient (Wildman–Crippen LogP) is 4.85. The molecule has 0 atom stereocenters. The summed E-state index contributed by atoms with van der Waals surface area (Å²) in [7, 11) is 3.43. The molecule has 3 aromatic rings. The molecule has 0 saturated heterocycles. The first-order valence-electron chi connectivity index (χ1n) is 9.22. The largest absolute Gasteiger partial charge is 0.496 e. The Kier molecular flexibility index (Phi) is 6.33. The Morgan fingerprint density at radius 2 is 1.68 bits per heavy atom. The van der Waals surface area contributed by atoms with Gasteiger partial charge >= 0.3 is 0 Å². The molecule has 0 aliphatic carbocycles. The van der Waals surface area contributed by atoms with Crippen molar-refractivity contribution in [3.8, 4) is 11.5 Å². The number of hydrogen-bond donors (Lipinski definition) is 0. The van der Waals surface area contributed by atoms with E-state index in [0.717, 1.165) is 16.9 Å². The molecule has 0 heterocycles. The second kappa shape index (κ2) is 9.09. The molecular formula is C24H25NO3. The fraction of sp³-hybridized carbons (Fsp3) is 0.208. The van der Waals surface area contributed by atoms with E-state index in [9.17, 15) is 4.79 Å². The number of ether oxygens (including phenoxy) is 2. The minimum absolute atomic E-state index is 0.0388. The average Bonchev–Trinajstić information content (AvgIpc) is 2.73. The summed E-state index contributed by atoms with van der Waals surface area (Å²) >= 11 is 0. The minimum Gasteiger partial charge on any atom is -0.496 e. The third-order valence-electron chi connectivity index (χ3n) is 4.55. The highest BCUT2D eigenvalue weighted by Gasteiger charge is 2.15. The lowest BCUT2D eigenvalue weighted by Crippen LogP contribution is -2.26. The second-order valence-electron chi connectivity index (χ2n) is 6.78. The molecule has 1 amide bonds. The molecule has 3 aromatic carbocycles. The number of carbonyl (C=O) groups excluding carboxylic acids is 1. The zero-order valence-electron chi connectivity index (χ0n) is 16.5. The fourth-order valence-electron chi connectivity index (χ4n) is 2.97. The second-order valence-corrected chi connectivity index (χ2v) is 6.78. The lowest BCUT2D eigenvalue weighted by atomic mass is 10.1. The number of benzene rings is 3. The first kappa shape index (κ1) is 19.5. The third-order valence-corrected chi connectivity index (χ3v) is 4.55. The average molecular weight is 375 g/mol. The predicted molar refractivity (Wildman–Crippen MR) is 111 cm³/mol. The Balaban J connectivity index is 1.73. The Labute approximate surface area is 166 Å². The van der Waals surface area contributed by atoms with E-state index in [1.165, 1.54) is 5.56 Å². The Bertz CT molecular complexity index is 920. The molecular weight excluding hydrogens is 350 g/mol. The Morgan fingerprint density at radius 3 is 2.36 bits per heavy atom. The fourth-order valence-corrected chi connectivity index (χ4v) is 2.97. The lowest BCUT2D eigenvalue weighted by Gasteiger charge is -2.18. The van der Waals surface area contributed by atoms with Gasteiger partial charge in [-0.25, -0.2) is 0 Å². The highest BCUT2D eigenvalue weighted by Crippen LogP contribution is 2.23. The number of rotatable bonds is 7. The molecule has 0 unspecified atom stereocenters. The van der Waals surface area contributed by atoms with Gasteiger partial charge in [-0.2, -0.15) is 0 Å². The molecule has 0 fully saturated rings. The highest BCUT2D eigenvalue weighted by atomic mass is 16.5. The number of carbonyl (C=O) groups is 1.